The second-order valence-electron chi connectivity index (χ2n) is 0.231. The van der Waals surface area contributed by atoms with Crippen molar-refractivity contribution in [3.8, 4) is 0 Å². The van der Waals surface area contributed by atoms with Crippen molar-refractivity contribution in [1.29, 1.82) is 0 Å². The molecule has 0 saturated heterocycles. The minimum atomic E-state index is -2.61. The summed E-state index contributed by atoms with van der Waals surface area (Å²) in [5.74, 6) is 0. The Morgan fingerprint density at radius 3 is 1.14 bits per heavy atom. The van der Waals surface area contributed by atoms with Crippen LogP contribution in [0.1, 0.15) is 0 Å². The smallest absolute Gasteiger partial charge is 0.316 e. The van der Waals surface area contributed by atoms with Crippen molar-refractivity contribution in [3.05, 3.63) is 0 Å². The van der Waals surface area contributed by atoms with Gasteiger partial charge in [-0.2, -0.15) is 4.21 Å². The van der Waals surface area contributed by atoms with E-state index in [4.69, 9.17) is 13.3 Å². The summed E-state index contributed by atoms with van der Waals surface area (Å²) >= 11 is -2.61. The fraction of sp³-hybridized carbons (Fsp3) is 0. The molecule has 0 saturated carbocycles. The van der Waals surface area contributed by atoms with Crippen molar-refractivity contribution in [2.24, 2.45) is 0 Å². The molecule has 0 rings (SSSR count). The molecular weight excluding hydrogens is 145 g/mol. The van der Waals surface area contributed by atoms with Gasteiger partial charge in [-0.1, -0.05) is 0 Å². The Hall–Kier alpha value is 1.56. The summed E-state index contributed by atoms with van der Waals surface area (Å²) in [6, 6.07) is 0. The lowest BCUT2D eigenvalue weighted by Crippen LogP contribution is -1.74. The van der Waals surface area contributed by atoms with Crippen molar-refractivity contribution in [1.82, 2.24) is 0 Å². The van der Waals surface area contributed by atoms with Gasteiger partial charge in [0.1, 0.15) is 0 Å². The normalized spacial score (nSPS) is 5.00. The zero-order chi connectivity index (χ0) is 3.58. The summed E-state index contributed by atoms with van der Waals surface area (Å²) in [6.07, 6.45) is 0. The first-order valence-corrected chi connectivity index (χ1v) is 1.60. The zero-order valence-corrected chi connectivity index (χ0v) is 3.03. The monoisotopic (exact) mass is 152 g/mol. The molecule has 7 heavy (non-hydrogen) atoms. The molecule has 42 valence electrons. The lowest BCUT2D eigenvalue weighted by molar-refractivity contribution is 0.454. The molecule has 0 aromatic heterocycles. The van der Waals surface area contributed by atoms with Gasteiger partial charge in [0.05, 0.1) is 0 Å². The first-order chi connectivity index (χ1) is 1.73. The summed E-state index contributed by atoms with van der Waals surface area (Å²) in [6.45, 7) is 0. The maximum Gasteiger partial charge on any atom is 0.316 e. The number of hydrogen-bond acceptors (Lipinski definition) is 1. The Labute approximate surface area is 75.8 Å². The van der Waals surface area contributed by atoms with Crippen LogP contribution in [0.3, 0.4) is 0 Å². The predicted molar refractivity (Wildman–Crippen MR) is 34.1 cm³/mol. The van der Waals surface area contributed by atoms with Crippen LogP contribution >= 0.6 is 0 Å². The van der Waals surface area contributed by atoms with E-state index in [9.17, 15) is 0 Å². The van der Waals surface area contributed by atoms with Crippen LogP contribution in [0.5, 0.6) is 0 Å². The molecule has 0 amide bonds. The fourth-order valence-electron chi connectivity index (χ4n) is 0. The molecular formula is H8Mg2O4S. The molecule has 4 N–H and O–H groups in total. The number of hydrogen-bond donors (Lipinski definition) is 2. The van der Waals surface area contributed by atoms with Gasteiger partial charge in [0.15, 0.2) is 0 Å². The maximum atomic E-state index is 8.67. The van der Waals surface area contributed by atoms with Crippen molar-refractivity contribution in [2.75, 3.05) is 0 Å². The average Bonchev–Trinajstić information content (AvgIpc) is 0.811. The summed E-state index contributed by atoms with van der Waals surface area (Å²) < 4.78 is 22.8. The zero-order valence-electron chi connectivity index (χ0n) is 2.21. The van der Waals surface area contributed by atoms with Gasteiger partial charge in [0.25, 0.3) is 11.4 Å². The van der Waals surface area contributed by atoms with Gasteiger partial charge in [-0.3, -0.25) is 9.11 Å². The van der Waals surface area contributed by atoms with Gasteiger partial charge < -0.3 is 5.48 Å². The Morgan fingerprint density at radius 2 is 1.14 bits per heavy atom. The molecule has 0 aliphatic carbocycles. The molecule has 4 nitrogen and oxygen atoms in total. The molecule has 0 bridgehead atoms. The first kappa shape index (κ1) is 23.5. The van der Waals surface area contributed by atoms with Gasteiger partial charge in [-0.25, -0.2) is 0 Å². The quantitative estimate of drug-likeness (QED) is 0.287. The first-order valence-electron chi connectivity index (χ1n) is 0.532. The third-order valence-corrected chi connectivity index (χ3v) is 0. The second-order valence-corrected chi connectivity index (χ2v) is 0.692. The fourth-order valence-corrected chi connectivity index (χ4v) is 0. The Balaban J connectivity index is -0.0000000150. The van der Waals surface area contributed by atoms with Crippen molar-refractivity contribution >= 4 is 57.5 Å². The molecule has 0 unspecified atom stereocenters. The van der Waals surface area contributed by atoms with E-state index < -0.39 is 11.4 Å². The molecule has 0 radical (unpaired) electrons. The Morgan fingerprint density at radius 1 is 1.14 bits per heavy atom. The van der Waals surface area contributed by atoms with Crippen LogP contribution in [-0.4, -0.2) is 64.9 Å². The molecule has 0 fully saturated rings. The molecule has 0 aromatic carbocycles. The lowest BCUT2D eigenvalue weighted by atomic mass is 15.8. The summed E-state index contributed by atoms with van der Waals surface area (Å²) in [7, 11) is 0. The van der Waals surface area contributed by atoms with Crippen LogP contribution in [-0.2, 0) is 11.4 Å². The minimum absolute atomic E-state index is 0. The van der Waals surface area contributed by atoms with Crippen LogP contribution < -0.4 is 0 Å². The van der Waals surface area contributed by atoms with Gasteiger partial charge >= 0.3 is 46.1 Å². The molecule has 0 aromatic rings. The molecule has 7 heteroatoms. The van der Waals surface area contributed by atoms with E-state index >= 15 is 0 Å². The van der Waals surface area contributed by atoms with Crippen LogP contribution in [0.25, 0.3) is 0 Å². The third kappa shape index (κ3) is 95.8. The predicted octanol–water partition coefficient (Wildman–Crippen LogP) is -2.98. The molecule has 0 spiro atoms. The summed E-state index contributed by atoms with van der Waals surface area (Å²) in [4.78, 5) is 0. The molecule has 0 atom stereocenters. The largest absolute Gasteiger partial charge is 0.412 e. The highest BCUT2D eigenvalue weighted by Gasteiger charge is 1.62. The van der Waals surface area contributed by atoms with E-state index in [-0.39, 0.29) is 51.6 Å². The van der Waals surface area contributed by atoms with E-state index in [0.29, 0.717) is 0 Å². The molecule has 0 heterocycles. The lowest BCUT2D eigenvalue weighted by Gasteiger charge is -1.59. The summed E-state index contributed by atoms with van der Waals surface area (Å²) in [5, 5.41) is 0. The van der Waals surface area contributed by atoms with Crippen LogP contribution in [0.4, 0.5) is 0 Å². The van der Waals surface area contributed by atoms with Crippen molar-refractivity contribution in [2.45, 2.75) is 0 Å². The highest BCUT2D eigenvalue weighted by Crippen LogP contribution is 1.44. The topological polar surface area (TPSA) is 89.0 Å². The Kier molecular flexibility index (Phi) is 52.6. The SMILES string of the molecule is O.O=S(O)O.[MgH2].[MgH2]. The highest BCUT2D eigenvalue weighted by atomic mass is 32.2. The van der Waals surface area contributed by atoms with Gasteiger partial charge in [-0.15, -0.1) is 0 Å². The average molecular weight is 153 g/mol. The molecule has 0 aliphatic heterocycles. The van der Waals surface area contributed by atoms with E-state index in [1.807, 2.05) is 0 Å². The van der Waals surface area contributed by atoms with Gasteiger partial charge in [0, 0.05) is 0 Å². The van der Waals surface area contributed by atoms with Gasteiger partial charge in [0.2, 0.25) is 0 Å². The van der Waals surface area contributed by atoms with Crippen LogP contribution in [0, 0.1) is 0 Å². The number of rotatable bonds is 0. The third-order valence-electron chi connectivity index (χ3n) is 0. The summed E-state index contributed by atoms with van der Waals surface area (Å²) in [5.41, 5.74) is 0. The van der Waals surface area contributed by atoms with Crippen LogP contribution in [0.2, 0.25) is 0 Å². The van der Waals surface area contributed by atoms with E-state index in [2.05, 4.69) is 0 Å². The van der Waals surface area contributed by atoms with Crippen LogP contribution in [0.15, 0.2) is 0 Å². The highest BCUT2D eigenvalue weighted by molar-refractivity contribution is 7.73. The minimum Gasteiger partial charge on any atom is -0.412 e. The molecule has 0 aliphatic rings. The van der Waals surface area contributed by atoms with Crippen molar-refractivity contribution < 1.29 is 18.8 Å². The van der Waals surface area contributed by atoms with E-state index in [1.54, 1.807) is 0 Å². The second kappa shape index (κ2) is 15.6. The van der Waals surface area contributed by atoms with Crippen molar-refractivity contribution in [3.63, 3.8) is 0 Å². The van der Waals surface area contributed by atoms with E-state index in [1.165, 1.54) is 0 Å². The Bertz CT molecular complexity index is 32.7. The van der Waals surface area contributed by atoms with E-state index in [0.717, 1.165) is 0 Å². The van der Waals surface area contributed by atoms with Gasteiger partial charge in [-0.05, 0) is 0 Å². The standard InChI is InChI=1S/2Mg.H2O3S.H2O.4H/c;;1-4(2)3;;;;;/h;;(H2,1,2,3);1H2;;;;. The maximum absolute atomic E-state index is 8.67.